The van der Waals surface area contributed by atoms with Gasteiger partial charge in [-0.1, -0.05) is 5.16 Å². The molecule has 0 N–H and O–H groups in total. The standard InChI is InChI=1S/C7H10N2OS/c1-3-10-9-4-7-6(2)8-5-11-7/h4-5H,3H2,1-2H3/b9-4+. The van der Waals surface area contributed by atoms with Crippen LogP contribution in [0.4, 0.5) is 0 Å². The van der Waals surface area contributed by atoms with E-state index in [2.05, 4.69) is 10.1 Å². The van der Waals surface area contributed by atoms with Crippen molar-refractivity contribution in [1.82, 2.24) is 4.98 Å². The number of nitrogens with zero attached hydrogens (tertiary/aromatic N) is 2. The van der Waals surface area contributed by atoms with E-state index < -0.39 is 0 Å². The van der Waals surface area contributed by atoms with Crippen LogP contribution in [0.5, 0.6) is 0 Å². The fraction of sp³-hybridized carbons (Fsp3) is 0.429. The molecule has 0 fully saturated rings. The van der Waals surface area contributed by atoms with E-state index in [0.717, 1.165) is 10.6 Å². The molecule has 0 aliphatic rings. The maximum atomic E-state index is 4.81. The summed E-state index contributed by atoms with van der Waals surface area (Å²) in [5.41, 5.74) is 2.79. The van der Waals surface area contributed by atoms with E-state index in [0.29, 0.717) is 6.61 Å². The summed E-state index contributed by atoms with van der Waals surface area (Å²) in [5.74, 6) is 0. The molecule has 0 saturated carbocycles. The van der Waals surface area contributed by atoms with Crippen molar-refractivity contribution in [1.29, 1.82) is 0 Å². The highest BCUT2D eigenvalue weighted by atomic mass is 32.1. The Morgan fingerprint density at radius 1 is 1.82 bits per heavy atom. The minimum absolute atomic E-state index is 0.606. The number of hydrogen-bond donors (Lipinski definition) is 0. The Balaban J connectivity index is 2.56. The zero-order valence-electron chi connectivity index (χ0n) is 6.57. The van der Waals surface area contributed by atoms with Crippen molar-refractivity contribution < 1.29 is 4.84 Å². The Kier molecular flexibility index (Phi) is 3.04. The first kappa shape index (κ1) is 8.20. The van der Waals surface area contributed by atoms with Crippen LogP contribution in [0.1, 0.15) is 17.5 Å². The van der Waals surface area contributed by atoms with Gasteiger partial charge in [-0.25, -0.2) is 4.98 Å². The minimum Gasteiger partial charge on any atom is -0.396 e. The normalized spacial score (nSPS) is 10.7. The Morgan fingerprint density at radius 2 is 2.64 bits per heavy atom. The topological polar surface area (TPSA) is 34.5 Å². The van der Waals surface area contributed by atoms with Gasteiger partial charge in [-0.3, -0.25) is 0 Å². The highest BCUT2D eigenvalue weighted by molar-refractivity contribution is 7.11. The van der Waals surface area contributed by atoms with Gasteiger partial charge in [0.25, 0.3) is 0 Å². The molecule has 1 aromatic rings. The van der Waals surface area contributed by atoms with Crippen LogP contribution in [0.2, 0.25) is 0 Å². The number of thiazole rings is 1. The Hall–Kier alpha value is -0.900. The van der Waals surface area contributed by atoms with Crippen molar-refractivity contribution in [3.63, 3.8) is 0 Å². The lowest BCUT2D eigenvalue weighted by molar-refractivity contribution is 0.160. The molecular formula is C7H10N2OS. The molecule has 0 bridgehead atoms. The largest absolute Gasteiger partial charge is 0.396 e. The predicted molar refractivity (Wildman–Crippen MR) is 46.1 cm³/mol. The van der Waals surface area contributed by atoms with Gasteiger partial charge in [-0.15, -0.1) is 11.3 Å². The molecule has 0 spiro atoms. The maximum absolute atomic E-state index is 4.81. The van der Waals surface area contributed by atoms with Crippen molar-refractivity contribution >= 4 is 17.6 Å². The summed E-state index contributed by atoms with van der Waals surface area (Å²) in [6.45, 7) is 4.45. The van der Waals surface area contributed by atoms with Crippen LogP contribution in [0.15, 0.2) is 10.7 Å². The van der Waals surface area contributed by atoms with Crippen molar-refractivity contribution in [3.05, 3.63) is 16.1 Å². The average molecular weight is 170 g/mol. The first-order chi connectivity index (χ1) is 5.34. The molecule has 1 rings (SSSR count). The minimum atomic E-state index is 0.606. The molecule has 3 nitrogen and oxygen atoms in total. The third-order valence-electron chi connectivity index (χ3n) is 1.16. The van der Waals surface area contributed by atoms with E-state index >= 15 is 0 Å². The van der Waals surface area contributed by atoms with Crippen LogP contribution in [-0.2, 0) is 4.84 Å². The molecule has 1 heterocycles. The second-order valence-electron chi connectivity index (χ2n) is 1.95. The molecule has 0 atom stereocenters. The maximum Gasteiger partial charge on any atom is 0.114 e. The molecule has 0 aromatic carbocycles. The van der Waals surface area contributed by atoms with Crippen molar-refractivity contribution in [2.45, 2.75) is 13.8 Å². The van der Waals surface area contributed by atoms with Crippen LogP contribution in [0, 0.1) is 6.92 Å². The first-order valence-corrected chi connectivity index (χ1v) is 4.28. The van der Waals surface area contributed by atoms with Gasteiger partial charge in [0.1, 0.15) is 6.61 Å². The fourth-order valence-corrected chi connectivity index (χ4v) is 1.25. The van der Waals surface area contributed by atoms with E-state index in [1.165, 1.54) is 0 Å². The lowest BCUT2D eigenvalue weighted by Crippen LogP contribution is -1.83. The number of hydrogen-bond acceptors (Lipinski definition) is 4. The number of rotatable bonds is 3. The van der Waals surface area contributed by atoms with E-state index in [-0.39, 0.29) is 0 Å². The van der Waals surface area contributed by atoms with E-state index in [4.69, 9.17) is 4.84 Å². The van der Waals surface area contributed by atoms with Crippen molar-refractivity contribution in [2.75, 3.05) is 6.61 Å². The molecule has 0 aliphatic carbocycles. The quantitative estimate of drug-likeness (QED) is 0.512. The van der Waals surface area contributed by atoms with E-state index in [1.807, 2.05) is 13.8 Å². The monoisotopic (exact) mass is 170 g/mol. The van der Waals surface area contributed by atoms with Gasteiger partial charge in [-0.05, 0) is 13.8 Å². The summed E-state index contributed by atoms with van der Waals surface area (Å²) in [6, 6.07) is 0. The molecular weight excluding hydrogens is 160 g/mol. The molecule has 11 heavy (non-hydrogen) atoms. The molecule has 0 unspecified atom stereocenters. The lowest BCUT2D eigenvalue weighted by Gasteiger charge is -1.89. The SMILES string of the molecule is CCO/N=C/c1scnc1C. The lowest BCUT2D eigenvalue weighted by atomic mass is 10.4. The summed E-state index contributed by atoms with van der Waals surface area (Å²) in [6.07, 6.45) is 1.69. The predicted octanol–water partition coefficient (Wildman–Crippen LogP) is 1.82. The van der Waals surface area contributed by atoms with Gasteiger partial charge in [0.2, 0.25) is 0 Å². The van der Waals surface area contributed by atoms with Crippen molar-refractivity contribution in [3.8, 4) is 0 Å². The summed E-state index contributed by atoms with van der Waals surface area (Å²) < 4.78 is 0. The van der Waals surface area contributed by atoms with E-state index in [9.17, 15) is 0 Å². The van der Waals surface area contributed by atoms with Gasteiger partial charge in [-0.2, -0.15) is 0 Å². The van der Waals surface area contributed by atoms with E-state index in [1.54, 1.807) is 23.1 Å². The number of aryl methyl sites for hydroxylation is 1. The second kappa shape index (κ2) is 4.08. The highest BCUT2D eigenvalue weighted by Crippen LogP contribution is 2.08. The molecule has 0 radical (unpaired) electrons. The Bertz CT molecular complexity index is 244. The number of oxime groups is 1. The Labute approximate surface area is 69.7 Å². The zero-order valence-corrected chi connectivity index (χ0v) is 7.39. The van der Waals surface area contributed by atoms with Crippen LogP contribution >= 0.6 is 11.3 Å². The zero-order chi connectivity index (χ0) is 8.10. The number of aromatic nitrogens is 1. The van der Waals surface area contributed by atoms with Gasteiger partial charge in [0.15, 0.2) is 0 Å². The van der Waals surface area contributed by atoms with Crippen LogP contribution < -0.4 is 0 Å². The fourth-order valence-electron chi connectivity index (χ4n) is 0.595. The average Bonchev–Trinajstić information content (AvgIpc) is 2.37. The highest BCUT2D eigenvalue weighted by Gasteiger charge is 1.95. The Morgan fingerprint density at radius 3 is 3.18 bits per heavy atom. The molecule has 0 aliphatic heterocycles. The smallest absolute Gasteiger partial charge is 0.114 e. The summed E-state index contributed by atoms with van der Waals surface area (Å²) in [5, 5.41) is 3.74. The molecule has 0 saturated heterocycles. The molecule has 60 valence electrons. The molecule has 0 amide bonds. The summed E-state index contributed by atoms with van der Waals surface area (Å²) in [4.78, 5) is 9.93. The summed E-state index contributed by atoms with van der Waals surface area (Å²) in [7, 11) is 0. The van der Waals surface area contributed by atoms with Crippen LogP contribution in [0.25, 0.3) is 0 Å². The summed E-state index contributed by atoms with van der Waals surface area (Å²) >= 11 is 1.56. The van der Waals surface area contributed by atoms with Crippen LogP contribution in [-0.4, -0.2) is 17.8 Å². The third-order valence-corrected chi connectivity index (χ3v) is 2.02. The van der Waals surface area contributed by atoms with Gasteiger partial charge >= 0.3 is 0 Å². The second-order valence-corrected chi connectivity index (χ2v) is 2.84. The van der Waals surface area contributed by atoms with Gasteiger partial charge in [0, 0.05) is 0 Å². The first-order valence-electron chi connectivity index (χ1n) is 3.40. The van der Waals surface area contributed by atoms with Crippen LogP contribution in [0.3, 0.4) is 0 Å². The van der Waals surface area contributed by atoms with Crippen molar-refractivity contribution in [2.24, 2.45) is 5.16 Å². The third kappa shape index (κ3) is 2.31. The molecule has 4 heteroatoms. The van der Waals surface area contributed by atoms with Gasteiger partial charge < -0.3 is 4.84 Å². The van der Waals surface area contributed by atoms with Gasteiger partial charge in [0.05, 0.1) is 22.3 Å². The molecule has 1 aromatic heterocycles.